The summed E-state index contributed by atoms with van der Waals surface area (Å²) >= 11 is 0. The van der Waals surface area contributed by atoms with Gasteiger partial charge in [0, 0.05) is 13.6 Å². The average molecular weight is 128 g/mol. The van der Waals surface area contributed by atoms with Crippen molar-refractivity contribution in [3.05, 3.63) is 0 Å². The molecule has 0 saturated carbocycles. The van der Waals surface area contributed by atoms with Gasteiger partial charge in [-0.25, -0.2) is 4.99 Å². The van der Waals surface area contributed by atoms with Crippen LogP contribution in [-0.4, -0.2) is 33.2 Å². The predicted molar refractivity (Wildman–Crippen MR) is 37.7 cm³/mol. The number of hydrogen-bond acceptors (Lipinski definition) is 4. The molecule has 0 amide bonds. The molecule has 0 aromatic carbocycles. The van der Waals surface area contributed by atoms with Crippen LogP contribution in [-0.2, 0) is 0 Å². The number of likely N-dealkylation sites (N-methyl/N-ethyl adjacent to an activating group) is 1. The number of nitrogens with one attached hydrogen (secondary N) is 2. The van der Waals surface area contributed by atoms with Gasteiger partial charge in [-0.15, -0.1) is 5.10 Å². The summed E-state index contributed by atoms with van der Waals surface area (Å²) in [5, 5.41) is 6.50. The number of rotatable bonds is 4. The van der Waals surface area contributed by atoms with Crippen molar-refractivity contribution in [1.82, 2.24) is 10.7 Å². The summed E-state index contributed by atoms with van der Waals surface area (Å²) in [6, 6.07) is 2.47. The summed E-state index contributed by atoms with van der Waals surface area (Å²) in [5.74, 6) is 0. The second-order valence-electron chi connectivity index (χ2n) is 1.42. The minimum atomic E-state index is 0.724. The highest BCUT2D eigenvalue weighted by molar-refractivity contribution is 5.40. The SMILES string of the molecule is CNCCN=C=NNC. The first-order valence-electron chi connectivity index (χ1n) is 2.84. The van der Waals surface area contributed by atoms with Crippen molar-refractivity contribution in [3.63, 3.8) is 0 Å². The lowest BCUT2D eigenvalue weighted by atomic mass is 10.7. The van der Waals surface area contributed by atoms with Crippen LogP contribution in [0.15, 0.2) is 10.1 Å². The van der Waals surface area contributed by atoms with Crippen LogP contribution in [0.25, 0.3) is 0 Å². The van der Waals surface area contributed by atoms with Gasteiger partial charge < -0.3 is 10.7 Å². The first-order chi connectivity index (χ1) is 4.41. The molecular weight excluding hydrogens is 116 g/mol. The van der Waals surface area contributed by atoms with E-state index < -0.39 is 0 Å². The largest absolute Gasteiger partial charge is 0.318 e. The van der Waals surface area contributed by atoms with Gasteiger partial charge in [-0.1, -0.05) is 0 Å². The Morgan fingerprint density at radius 1 is 1.44 bits per heavy atom. The molecule has 0 aromatic heterocycles. The Kier molecular flexibility index (Phi) is 6.46. The molecule has 0 bridgehead atoms. The molecule has 0 aromatic rings. The Morgan fingerprint density at radius 2 is 2.22 bits per heavy atom. The third-order valence-electron chi connectivity index (χ3n) is 0.706. The van der Waals surface area contributed by atoms with E-state index >= 15 is 0 Å². The van der Waals surface area contributed by atoms with E-state index in [2.05, 4.69) is 26.8 Å². The zero-order valence-electron chi connectivity index (χ0n) is 5.81. The van der Waals surface area contributed by atoms with Gasteiger partial charge in [0.15, 0.2) is 0 Å². The van der Waals surface area contributed by atoms with Crippen LogP contribution in [0.4, 0.5) is 0 Å². The molecule has 0 atom stereocenters. The highest BCUT2D eigenvalue weighted by Gasteiger charge is 1.72. The summed E-state index contributed by atoms with van der Waals surface area (Å²) in [6.07, 6.45) is 0. The lowest BCUT2D eigenvalue weighted by Gasteiger charge is -1.86. The zero-order valence-corrected chi connectivity index (χ0v) is 5.81. The van der Waals surface area contributed by atoms with Gasteiger partial charge in [0.25, 0.3) is 0 Å². The van der Waals surface area contributed by atoms with Gasteiger partial charge in [-0.05, 0) is 7.05 Å². The molecule has 4 heteroatoms. The van der Waals surface area contributed by atoms with Crippen molar-refractivity contribution < 1.29 is 0 Å². The monoisotopic (exact) mass is 128 g/mol. The minimum Gasteiger partial charge on any atom is -0.318 e. The molecular formula is C5H12N4. The van der Waals surface area contributed by atoms with Crippen LogP contribution in [0, 0.1) is 0 Å². The second kappa shape index (κ2) is 7.14. The van der Waals surface area contributed by atoms with E-state index in [4.69, 9.17) is 0 Å². The fourth-order valence-electron chi connectivity index (χ4n) is 0.303. The Bertz CT molecular complexity index is 104. The highest BCUT2D eigenvalue weighted by atomic mass is 15.3. The van der Waals surface area contributed by atoms with E-state index in [-0.39, 0.29) is 0 Å². The maximum Gasteiger partial charge on any atom is 0.114 e. The number of aliphatic imine (C=N–C) groups is 1. The normalized spacial score (nSPS) is 7.78. The third kappa shape index (κ3) is 7.14. The average Bonchev–Trinajstić information content (AvgIpc) is 1.89. The van der Waals surface area contributed by atoms with E-state index in [1.54, 1.807) is 7.05 Å². The maximum atomic E-state index is 3.81. The van der Waals surface area contributed by atoms with Crippen LogP contribution in [0.5, 0.6) is 0 Å². The molecule has 0 radical (unpaired) electrons. The van der Waals surface area contributed by atoms with Crippen molar-refractivity contribution in [2.24, 2.45) is 10.1 Å². The lowest BCUT2D eigenvalue weighted by Crippen LogP contribution is -2.10. The van der Waals surface area contributed by atoms with E-state index in [1.807, 2.05) is 7.05 Å². The van der Waals surface area contributed by atoms with Gasteiger partial charge >= 0.3 is 0 Å². The van der Waals surface area contributed by atoms with Gasteiger partial charge in [0.05, 0.1) is 6.54 Å². The summed E-state index contributed by atoms with van der Waals surface area (Å²) in [4.78, 5) is 3.81. The van der Waals surface area contributed by atoms with Crippen LogP contribution in [0.2, 0.25) is 0 Å². The van der Waals surface area contributed by atoms with Gasteiger partial charge in [-0.3, -0.25) is 0 Å². The quantitative estimate of drug-likeness (QED) is 0.305. The zero-order chi connectivity index (χ0) is 6.95. The topological polar surface area (TPSA) is 48.8 Å². The molecule has 0 spiro atoms. The highest BCUT2D eigenvalue weighted by Crippen LogP contribution is 1.60. The van der Waals surface area contributed by atoms with Gasteiger partial charge in [-0.2, -0.15) is 0 Å². The van der Waals surface area contributed by atoms with Crippen molar-refractivity contribution in [2.75, 3.05) is 27.2 Å². The molecule has 4 nitrogen and oxygen atoms in total. The molecule has 2 N–H and O–H groups in total. The molecule has 0 fully saturated rings. The van der Waals surface area contributed by atoms with Crippen molar-refractivity contribution in [2.45, 2.75) is 0 Å². The Balaban J connectivity index is 3.13. The Morgan fingerprint density at radius 3 is 2.78 bits per heavy atom. The summed E-state index contributed by atoms with van der Waals surface area (Å²) in [5.41, 5.74) is 2.54. The van der Waals surface area contributed by atoms with Crippen molar-refractivity contribution >= 4 is 6.01 Å². The lowest BCUT2D eigenvalue weighted by molar-refractivity contribution is 0.802. The Hall–Kier alpha value is -0.860. The summed E-state index contributed by atoms with van der Waals surface area (Å²) < 4.78 is 0. The molecule has 0 aliphatic rings. The molecule has 0 aliphatic carbocycles. The number of nitrogens with zero attached hydrogens (tertiary/aromatic N) is 2. The number of hydrogen-bond donors (Lipinski definition) is 2. The third-order valence-corrected chi connectivity index (χ3v) is 0.706. The fourth-order valence-corrected chi connectivity index (χ4v) is 0.303. The van der Waals surface area contributed by atoms with E-state index in [0.29, 0.717) is 0 Å². The standard InChI is InChI=1S/C5H12N4/c1-6-3-4-8-5-9-7-2/h6-7H,3-4H2,1-2H3. The fraction of sp³-hybridized carbons (Fsp3) is 0.800. The second-order valence-corrected chi connectivity index (χ2v) is 1.42. The van der Waals surface area contributed by atoms with Crippen molar-refractivity contribution in [1.29, 1.82) is 0 Å². The smallest absolute Gasteiger partial charge is 0.114 e. The van der Waals surface area contributed by atoms with Gasteiger partial charge in [0.1, 0.15) is 6.01 Å². The van der Waals surface area contributed by atoms with Crippen LogP contribution in [0.1, 0.15) is 0 Å². The Labute approximate surface area is 55.1 Å². The first kappa shape index (κ1) is 8.14. The van der Waals surface area contributed by atoms with E-state index in [0.717, 1.165) is 13.1 Å². The van der Waals surface area contributed by atoms with Gasteiger partial charge in [0.2, 0.25) is 0 Å². The molecule has 9 heavy (non-hydrogen) atoms. The first-order valence-corrected chi connectivity index (χ1v) is 2.84. The molecule has 0 rings (SSSR count). The van der Waals surface area contributed by atoms with Crippen LogP contribution < -0.4 is 10.7 Å². The number of hydrazone groups is 1. The van der Waals surface area contributed by atoms with E-state index in [1.165, 1.54) is 0 Å². The molecule has 52 valence electrons. The maximum absolute atomic E-state index is 3.81. The van der Waals surface area contributed by atoms with Crippen molar-refractivity contribution in [3.8, 4) is 0 Å². The molecule has 0 unspecified atom stereocenters. The summed E-state index contributed by atoms with van der Waals surface area (Å²) in [7, 11) is 3.59. The minimum absolute atomic E-state index is 0.724. The predicted octanol–water partition coefficient (Wildman–Crippen LogP) is -0.486. The molecule has 0 heterocycles. The summed E-state index contributed by atoms with van der Waals surface area (Å²) in [6.45, 7) is 1.59. The molecule has 0 aliphatic heterocycles. The molecule has 0 saturated heterocycles. The van der Waals surface area contributed by atoms with E-state index in [9.17, 15) is 0 Å². The van der Waals surface area contributed by atoms with Crippen LogP contribution in [0.3, 0.4) is 0 Å². The van der Waals surface area contributed by atoms with Crippen LogP contribution >= 0.6 is 0 Å².